The second-order valence-corrected chi connectivity index (χ2v) is 9.32. The van der Waals surface area contributed by atoms with Crippen LogP contribution >= 0.6 is 7.75 Å². The molecule has 0 heterocycles. The topological polar surface area (TPSA) is 38.8 Å². The fourth-order valence-corrected chi connectivity index (χ4v) is 5.46. The fourth-order valence-electron chi connectivity index (χ4n) is 3.45. The highest BCUT2D eigenvalue weighted by atomic mass is 31.2. The summed E-state index contributed by atoms with van der Waals surface area (Å²) >= 11 is 0. The van der Waals surface area contributed by atoms with Gasteiger partial charge in [-0.05, 0) is 67.8 Å². The Morgan fingerprint density at radius 1 is 0.562 bits per heavy atom. The molecule has 0 radical (unpaired) electrons. The number of nitrogens with zero attached hydrogens (tertiary/aromatic N) is 1. The number of para-hydroxylation sites is 4. The monoisotopic (exact) mass is 443 g/mol. The smallest absolute Gasteiger partial charge is 0.400 e. The summed E-state index contributed by atoms with van der Waals surface area (Å²) < 4.78 is 29.0. The first-order chi connectivity index (χ1) is 15.5. The number of benzene rings is 4. The summed E-state index contributed by atoms with van der Waals surface area (Å²) in [6.45, 7) is 5.83. The van der Waals surface area contributed by atoms with E-state index in [1.165, 1.54) is 0 Å². The van der Waals surface area contributed by atoms with Crippen molar-refractivity contribution in [3.05, 3.63) is 120 Å². The second kappa shape index (κ2) is 9.33. The van der Waals surface area contributed by atoms with Crippen molar-refractivity contribution in [2.45, 2.75) is 20.8 Å². The Morgan fingerprint density at radius 2 is 1.00 bits per heavy atom. The number of anilines is 2. The maximum Gasteiger partial charge on any atom is 0.548 e. The number of hydrogen-bond donors (Lipinski definition) is 0. The van der Waals surface area contributed by atoms with Gasteiger partial charge in [0.25, 0.3) is 0 Å². The molecular formula is C27H26NO3P. The molecule has 0 aromatic heterocycles. The predicted octanol–water partition coefficient (Wildman–Crippen LogP) is 8.02. The molecular weight excluding hydrogens is 417 g/mol. The van der Waals surface area contributed by atoms with Gasteiger partial charge in [-0.25, -0.2) is 9.24 Å². The van der Waals surface area contributed by atoms with Crippen molar-refractivity contribution in [3.8, 4) is 11.5 Å². The van der Waals surface area contributed by atoms with Crippen molar-refractivity contribution in [2.24, 2.45) is 0 Å². The SMILES string of the molecule is Cc1ccccc1OP(=O)(Oc1ccccc1C)N(c1ccccc1)c1ccccc1C. The largest absolute Gasteiger partial charge is 0.548 e. The molecule has 4 nitrogen and oxygen atoms in total. The third kappa shape index (κ3) is 4.56. The van der Waals surface area contributed by atoms with Crippen molar-refractivity contribution in [1.29, 1.82) is 0 Å². The second-order valence-electron chi connectivity index (χ2n) is 7.62. The van der Waals surface area contributed by atoms with E-state index in [9.17, 15) is 4.57 Å². The molecule has 5 heteroatoms. The molecule has 0 saturated carbocycles. The zero-order valence-electron chi connectivity index (χ0n) is 18.4. The van der Waals surface area contributed by atoms with Gasteiger partial charge in [0, 0.05) is 0 Å². The Morgan fingerprint density at radius 3 is 1.50 bits per heavy atom. The lowest BCUT2D eigenvalue weighted by Crippen LogP contribution is -2.22. The van der Waals surface area contributed by atoms with Crippen molar-refractivity contribution in [2.75, 3.05) is 4.67 Å². The maximum atomic E-state index is 14.8. The van der Waals surface area contributed by atoms with E-state index in [4.69, 9.17) is 9.05 Å². The maximum absolute atomic E-state index is 14.8. The minimum Gasteiger partial charge on any atom is -0.400 e. The average molecular weight is 443 g/mol. The Labute approximate surface area is 189 Å². The van der Waals surface area contributed by atoms with Gasteiger partial charge in [-0.3, -0.25) is 0 Å². The number of rotatable bonds is 7. The summed E-state index contributed by atoms with van der Waals surface area (Å²) in [7, 11) is -3.96. The molecule has 4 aromatic rings. The molecule has 0 atom stereocenters. The molecule has 0 aliphatic rings. The van der Waals surface area contributed by atoms with Crippen LogP contribution in [0.2, 0.25) is 0 Å². The average Bonchev–Trinajstić information content (AvgIpc) is 2.79. The van der Waals surface area contributed by atoms with Gasteiger partial charge >= 0.3 is 7.75 Å². The highest BCUT2D eigenvalue weighted by molar-refractivity contribution is 7.57. The first-order valence-electron chi connectivity index (χ1n) is 10.5. The van der Waals surface area contributed by atoms with Gasteiger partial charge in [-0.2, -0.15) is 0 Å². The van der Waals surface area contributed by atoms with Gasteiger partial charge in [0.15, 0.2) is 0 Å². The van der Waals surface area contributed by atoms with Crippen LogP contribution in [-0.4, -0.2) is 0 Å². The van der Waals surface area contributed by atoms with E-state index in [0.29, 0.717) is 17.2 Å². The van der Waals surface area contributed by atoms with Crippen LogP contribution in [0, 0.1) is 20.8 Å². The van der Waals surface area contributed by atoms with E-state index in [0.717, 1.165) is 22.4 Å². The third-order valence-corrected chi connectivity index (χ3v) is 7.00. The minimum absolute atomic E-state index is 0.513. The van der Waals surface area contributed by atoms with E-state index in [1.807, 2.05) is 124 Å². The predicted molar refractivity (Wildman–Crippen MR) is 131 cm³/mol. The molecule has 162 valence electrons. The lowest BCUT2D eigenvalue weighted by molar-refractivity contribution is 0.384. The Balaban J connectivity index is 1.92. The standard InChI is InChI=1S/C27H26NO3P/c1-21-13-7-10-18-25(21)28(24-16-5-4-6-17-24)32(29,30-26-19-11-8-14-22(26)2)31-27-20-12-9-15-23(27)3/h4-20H,1-3H3. The molecule has 0 amide bonds. The first-order valence-corrected chi connectivity index (χ1v) is 12.0. The van der Waals surface area contributed by atoms with Gasteiger partial charge in [0.2, 0.25) is 0 Å². The molecule has 0 saturated heterocycles. The normalized spacial score (nSPS) is 11.1. The Hall–Kier alpha value is -3.49. The van der Waals surface area contributed by atoms with E-state index >= 15 is 0 Å². The van der Waals surface area contributed by atoms with Gasteiger partial charge in [-0.15, -0.1) is 0 Å². The number of hydrogen-bond acceptors (Lipinski definition) is 3. The van der Waals surface area contributed by atoms with Gasteiger partial charge in [0.1, 0.15) is 11.5 Å². The fraction of sp³-hybridized carbons (Fsp3) is 0.111. The molecule has 0 fully saturated rings. The van der Waals surface area contributed by atoms with Crippen LogP contribution in [-0.2, 0) is 4.57 Å². The summed E-state index contributed by atoms with van der Waals surface area (Å²) in [5, 5.41) is 0. The van der Waals surface area contributed by atoms with E-state index in [1.54, 1.807) is 4.67 Å². The molecule has 4 aromatic carbocycles. The Kier molecular flexibility index (Phi) is 6.34. The van der Waals surface area contributed by atoms with Crippen molar-refractivity contribution in [3.63, 3.8) is 0 Å². The molecule has 0 aliphatic heterocycles. The zero-order valence-corrected chi connectivity index (χ0v) is 19.3. The van der Waals surface area contributed by atoms with Crippen LogP contribution in [0.15, 0.2) is 103 Å². The molecule has 0 unspecified atom stereocenters. The van der Waals surface area contributed by atoms with E-state index in [2.05, 4.69) is 0 Å². The van der Waals surface area contributed by atoms with Gasteiger partial charge in [-0.1, -0.05) is 72.8 Å². The third-order valence-electron chi connectivity index (χ3n) is 5.20. The highest BCUT2D eigenvalue weighted by Crippen LogP contribution is 2.58. The summed E-state index contributed by atoms with van der Waals surface area (Å²) in [5.74, 6) is 1.03. The Bertz CT molecular complexity index is 1210. The quantitative estimate of drug-likeness (QED) is 0.271. The highest BCUT2D eigenvalue weighted by Gasteiger charge is 2.40. The van der Waals surface area contributed by atoms with Crippen molar-refractivity contribution < 1.29 is 13.6 Å². The summed E-state index contributed by atoms with van der Waals surface area (Å²) in [4.78, 5) is 0. The summed E-state index contributed by atoms with van der Waals surface area (Å²) in [6.07, 6.45) is 0. The lowest BCUT2D eigenvalue weighted by Gasteiger charge is -2.33. The molecule has 4 rings (SSSR count). The van der Waals surface area contributed by atoms with Crippen LogP contribution in [0.5, 0.6) is 11.5 Å². The molecule has 0 bridgehead atoms. The van der Waals surface area contributed by atoms with E-state index < -0.39 is 7.75 Å². The van der Waals surface area contributed by atoms with Gasteiger partial charge in [0.05, 0.1) is 11.4 Å². The molecule has 0 N–H and O–H groups in total. The lowest BCUT2D eigenvalue weighted by atomic mass is 10.2. The molecule has 0 spiro atoms. The minimum atomic E-state index is -3.96. The summed E-state index contributed by atoms with van der Waals surface area (Å²) in [6, 6.07) is 32.4. The zero-order chi connectivity index (χ0) is 22.6. The van der Waals surface area contributed by atoms with E-state index in [-0.39, 0.29) is 0 Å². The van der Waals surface area contributed by atoms with Crippen molar-refractivity contribution >= 4 is 19.1 Å². The van der Waals surface area contributed by atoms with Crippen molar-refractivity contribution in [1.82, 2.24) is 0 Å². The summed E-state index contributed by atoms with van der Waals surface area (Å²) in [5.41, 5.74) is 4.17. The van der Waals surface area contributed by atoms with Crippen LogP contribution in [0.3, 0.4) is 0 Å². The van der Waals surface area contributed by atoms with Crippen LogP contribution in [0.4, 0.5) is 11.4 Å². The van der Waals surface area contributed by atoms with Gasteiger partial charge < -0.3 is 9.05 Å². The van der Waals surface area contributed by atoms with Crippen LogP contribution in [0.25, 0.3) is 0 Å². The van der Waals surface area contributed by atoms with Crippen LogP contribution in [0.1, 0.15) is 16.7 Å². The molecule has 0 aliphatic carbocycles. The molecule has 32 heavy (non-hydrogen) atoms. The van der Waals surface area contributed by atoms with Crippen LogP contribution < -0.4 is 13.7 Å². The first kappa shape index (κ1) is 21.7. The number of aryl methyl sites for hydroxylation is 3.